The minimum Gasteiger partial charge on any atom is -0.273 e. The van der Waals surface area contributed by atoms with Crippen molar-refractivity contribution in [2.24, 2.45) is 11.8 Å². The van der Waals surface area contributed by atoms with Crippen LogP contribution in [0.2, 0.25) is 0 Å². The van der Waals surface area contributed by atoms with Crippen LogP contribution in [0.1, 0.15) is 85.2 Å². The van der Waals surface area contributed by atoms with Gasteiger partial charge in [-0.3, -0.25) is 40.9 Å². The first-order chi connectivity index (χ1) is 14.5. The van der Waals surface area contributed by atoms with Crippen molar-refractivity contribution in [1.29, 1.82) is 0 Å². The number of pyridine rings is 1. The van der Waals surface area contributed by atoms with Crippen molar-refractivity contribution < 1.29 is 19.2 Å². The second kappa shape index (κ2) is 10.7. The maximum absolute atomic E-state index is 12.3. The molecule has 0 radical (unpaired) electrons. The molecule has 162 valence electrons. The number of carbonyl (C=O) groups is 4. The summed E-state index contributed by atoms with van der Waals surface area (Å²) >= 11 is 0. The lowest BCUT2D eigenvalue weighted by atomic mass is 9.89. The van der Waals surface area contributed by atoms with E-state index in [4.69, 9.17) is 0 Å². The maximum atomic E-state index is 12.3. The fourth-order valence-electron chi connectivity index (χ4n) is 3.99. The van der Waals surface area contributed by atoms with Crippen LogP contribution in [0.3, 0.4) is 0 Å². The van der Waals surface area contributed by atoms with Gasteiger partial charge < -0.3 is 0 Å². The van der Waals surface area contributed by atoms with Crippen LogP contribution in [-0.4, -0.2) is 28.6 Å². The van der Waals surface area contributed by atoms with Gasteiger partial charge in [0.15, 0.2) is 0 Å². The summed E-state index contributed by atoms with van der Waals surface area (Å²) in [6.45, 7) is 0. The Morgan fingerprint density at radius 2 is 1.03 bits per heavy atom. The summed E-state index contributed by atoms with van der Waals surface area (Å²) in [6, 6.07) is 4.40. The molecule has 30 heavy (non-hydrogen) atoms. The first kappa shape index (κ1) is 21.7. The third kappa shape index (κ3) is 6.01. The first-order valence-corrected chi connectivity index (χ1v) is 10.7. The van der Waals surface area contributed by atoms with Crippen molar-refractivity contribution in [3.8, 4) is 0 Å². The van der Waals surface area contributed by atoms with Crippen LogP contribution in [0.5, 0.6) is 0 Å². The van der Waals surface area contributed by atoms with Crippen LogP contribution in [0.15, 0.2) is 18.2 Å². The van der Waals surface area contributed by atoms with Crippen molar-refractivity contribution in [3.05, 3.63) is 29.6 Å². The van der Waals surface area contributed by atoms with Crippen LogP contribution >= 0.6 is 0 Å². The van der Waals surface area contributed by atoms with E-state index in [0.29, 0.717) is 0 Å². The molecule has 4 N–H and O–H groups in total. The molecule has 1 heterocycles. The van der Waals surface area contributed by atoms with Gasteiger partial charge in [0.2, 0.25) is 11.8 Å². The normalized spacial score (nSPS) is 17.6. The zero-order valence-corrected chi connectivity index (χ0v) is 17.0. The number of hydrazine groups is 2. The summed E-state index contributed by atoms with van der Waals surface area (Å²) < 4.78 is 0. The molecule has 0 aromatic carbocycles. The Labute approximate surface area is 175 Å². The molecule has 0 bridgehead atoms. The van der Waals surface area contributed by atoms with Gasteiger partial charge in [0.1, 0.15) is 11.4 Å². The largest absolute Gasteiger partial charge is 0.288 e. The number of aromatic nitrogens is 1. The molecule has 1 aromatic rings. The Kier molecular flexibility index (Phi) is 7.75. The lowest BCUT2D eigenvalue weighted by Gasteiger charge is -2.21. The third-order valence-electron chi connectivity index (χ3n) is 5.76. The number of carbonyl (C=O) groups excluding carboxylic acids is 4. The van der Waals surface area contributed by atoms with E-state index in [1.165, 1.54) is 18.2 Å². The summed E-state index contributed by atoms with van der Waals surface area (Å²) in [4.78, 5) is 52.9. The molecule has 2 saturated carbocycles. The number of hydrogen-bond acceptors (Lipinski definition) is 5. The van der Waals surface area contributed by atoms with Crippen molar-refractivity contribution >= 4 is 23.6 Å². The number of nitrogens with zero attached hydrogens (tertiary/aromatic N) is 1. The predicted molar refractivity (Wildman–Crippen MR) is 109 cm³/mol. The average molecular weight is 415 g/mol. The Bertz CT molecular complexity index is 724. The molecule has 9 nitrogen and oxygen atoms in total. The molecule has 0 unspecified atom stereocenters. The van der Waals surface area contributed by atoms with Gasteiger partial charge in [0.25, 0.3) is 11.8 Å². The second-order valence-electron chi connectivity index (χ2n) is 7.96. The van der Waals surface area contributed by atoms with Crippen LogP contribution in [0.25, 0.3) is 0 Å². The molecule has 9 heteroatoms. The Hall–Kier alpha value is -2.97. The number of nitrogens with one attached hydrogen (secondary N) is 4. The Morgan fingerprint density at radius 1 is 0.633 bits per heavy atom. The van der Waals surface area contributed by atoms with Crippen molar-refractivity contribution in [2.45, 2.75) is 64.2 Å². The van der Waals surface area contributed by atoms with E-state index in [1.807, 2.05) is 0 Å². The smallest absolute Gasteiger partial charge is 0.273 e. The Balaban J connectivity index is 1.49. The van der Waals surface area contributed by atoms with E-state index in [9.17, 15) is 19.2 Å². The molecule has 2 aliphatic carbocycles. The molecule has 2 aliphatic rings. The van der Waals surface area contributed by atoms with Gasteiger partial charge in [-0.25, -0.2) is 4.98 Å². The molecule has 0 saturated heterocycles. The highest BCUT2D eigenvalue weighted by Gasteiger charge is 2.23. The summed E-state index contributed by atoms with van der Waals surface area (Å²) in [7, 11) is 0. The van der Waals surface area contributed by atoms with Crippen molar-refractivity contribution in [3.63, 3.8) is 0 Å². The van der Waals surface area contributed by atoms with Gasteiger partial charge in [0.05, 0.1) is 0 Å². The van der Waals surface area contributed by atoms with Gasteiger partial charge in [-0.15, -0.1) is 0 Å². The summed E-state index contributed by atoms with van der Waals surface area (Å²) in [6.07, 6.45) is 9.62. The lowest BCUT2D eigenvalue weighted by molar-refractivity contribution is -0.127. The number of amides is 4. The van der Waals surface area contributed by atoms with E-state index >= 15 is 0 Å². The summed E-state index contributed by atoms with van der Waals surface area (Å²) in [5.41, 5.74) is 9.57. The van der Waals surface area contributed by atoms with Gasteiger partial charge in [0, 0.05) is 11.8 Å². The zero-order chi connectivity index (χ0) is 21.3. The van der Waals surface area contributed by atoms with E-state index in [0.717, 1.165) is 64.2 Å². The predicted octanol–water partition coefficient (Wildman–Crippen LogP) is 1.76. The highest BCUT2D eigenvalue weighted by molar-refractivity contribution is 5.97. The SMILES string of the molecule is O=C(NNC(=O)C1CCCCC1)c1cccc(C(=O)NNC(=O)C2CCCCC2)n1. The van der Waals surface area contributed by atoms with Crippen LogP contribution in [-0.2, 0) is 9.59 Å². The topological polar surface area (TPSA) is 129 Å². The Morgan fingerprint density at radius 3 is 1.43 bits per heavy atom. The average Bonchev–Trinajstić information content (AvgIpc) is 2.81. The van der Waals surface area contributed by atoms with Crippen LogP contribution in [0.4, 0.5) is 0 Å². The molecule has 2 fully saturated rings. The minimum atomic E-state index is -0.611. The van der Waals surface area contributed by atoms with Crippen molar-refractivity contribution in [1.82, 2.24) is 26.7 Å². The number of rotatable bonds is 4. The maximum Gasteiger partial charge on any atom is 0.288 e. The quantitative estimate of drug-likeness (QED) is 0.557. The van der Waals surface area contributed by atoms with Crippen molar-refractivity contribution in [2.75, 3.05) is 0 Å². The molecule has 0 atom stereocenters. The minimum absolute atomic E-state index is 0.00907. The van der Waals surface area contributed by atoms with E-state index in [1.54, 1.807) is 0 Å². The number of hydrogen-bond donors (Lipinski definition) is 4. The molecular weight excluding hydrogens is 386 g/mol. The van der Waals surface area contributed by atoms with Gasteiger partial charge >= 0.3 is 0 Å². The monoisotopic (exact) mass is 415 g/mol. The van der Waals surface area contributed by atoms with Gasteiger partial charge in [-0.2, -0.15) is 0 Å². The lowest BCUT2D eigenvalue weighted by Crippen LogP contribution is -2.46. The van der Waals surface area contributed by atoms with Crippen LogP contribution in [0, 0.1) is 11.8 Å². The summed E-state index contributed by atoms with van der Waals surface area (Å²) in [5, 5.41) is 0. The fourth-order valence-corrected chi connectivity index (χ4v) is 3.99. The van der Waals surface area contributed by atoms with E-state index in [2.05, 4.69) is 26.7 Å². The van der Waals surface area contributed by atoms with E-state index in [-0.39, 0.29) is 35.0 Å². The second-order valence-corrected chi connectivity index (χ2v) is 7.96. The van der Waals surface area contributed by atoms with Crippen LogP contribution < -0.4 is 21.7 Å². The highest BCUT2D eigenvalue weighted by Crippen LogP contribution is 2.24. The highest BCUT2D eigenvalue weighted by atomic mass is 16.2. The zero-order valence-electron chi connectivity index (χ0n) is 17.0. The third-order valence-corrected chi connectivity index (χ3v) is 5.76. The van der Waals surface area contributed by atoms with E-state index < -0.39 is 11.8 Å². The fraction of sp³-hybridized carbons (Fsp3) is 0.571. The van der Waals surface area contributed by atoms with Gasteiger partial charge in [-0.1, -0.05) is 44.6 Å². The standard InChI is InChI=1S/C21H29N5O4/c27-18(14-8-3-1-4-9-14)23-25-20(29)16-12-7-13-17(22-16)21(30)26-24-19(28)15-10-5-2-6-11-15/h7,12-15H,1-6,8-11H2,(H,23,27)(H,24,28)(H,25,29)(H,26,30). The van der Waals surface area contributed by atoms with Gasteiger partial charge in [-0.05, 0) is 37.8 Å². The molecule has 0 aliphatic heterocycles. The molecular formula is C21H29N5O4. The first-order valence-electron chi connectivity index (χ1n) is 10.7. The molecule has 4 amide bonds. The molecule has 3 rings (SSSR count). The summed E-state index contributed by atoms with van der Waals surface area (Å²) in [5.74, 6) is -1.81. The molecule has 0 spiro atoms. The molecule has 1 aromatic heterocycles.